The number of hydrogen-bond donors (Lipinski definition) is 1. The van der Waals surface area contributed by atoms with Crippen molar-refractivity contribution < 1.29 is 9.59 Å². The zero-order valence-corrected chi connectivity index (χ0v) is 16.9. The van der Waals surface area contributed by atoms with Crippen molar-refractivity contribution in [2.45, 2.75) is 84.6 Å². The molecule has 5 aliphatic rings. The van der Waals surface area contributed by atoms with E-state index in [9.17, 15) is 9.59 Å². The summed E-state index contributed by atoms with van der Waals surface area (Å²) in [6.45, 7) is 7.93. The first-order chi connectivity index (χ1) is 12.2. The van der Waals surface area contributed by atoms with E-state index in [4.69, 9.17) is 0 Å². The van der Waals surface area contributed by atoms with Gasteiger partial charge in [-0.1, -0.05) is 20.8 Å². The second-order valence-corrected chi connectivity index (χ2v) is 11.1. The molecule has 4 aliphatic carbocycles. The van der Waals surface area contributed by atoms with E-state index in [1.54, 1.807) is 0 Å². The molecule has 1 aliphatic heterocycles. The summed E-state index contributed by atoms with van der Waals surface area (Å²) in [5.74, 6) is 3.07. The number of hydrogen-bond acceptors (Lipinski definition) is 2. The molecule has 0 unspecified atom stereocenters. The molecular formula is C22H36N2O2. The van der Waals surface area contributed by atoms with Gasteiger partial charge >= 0.3 is 0 Å². The summed E-state index contributed by atoms with van der Waals surface area (Å²) in [6, 6.07) is 0.241. The van der Waals surface area contributed by atoms with Gasteiger partial charge in [0.25, 0.3) is 0 Å². The SMILES string of the molecule is CC(C)(C)CC(=O)NC1CCN(C(=O)C23CC4CC(CC(C4)C2)C3)CC1. The maximum absolute atomic E-state index is 13.4. The lowest BCUT2D eigenvalue weighted by molar-refractivity contribution is -0.158. The summed E-state index contributed by atoms with van der Waals surface area (Å²) >= 11 is 0. The van der Waals surface area contributed by atoms with Gasteiger partial charge in [-0.15, -0.1) is 0 Å². The van der Waals surface area contributed by atoms with E-state index in [1.807, 2.05) is 0 Å². The molecule has 4 saturated carbocycles. The number of nitrogens with one attached hydrogen (secondary N) is 1. The van der Waals surface area contributed by atoms with Crippen molar-refractivity contribution in [3.05, 3.63) is 0 Å². The summed E-state index contributed by atoms with van der Waals surface area (Å²) in [5, 5.41) is 3.19. The Bertz CT molecular complexity index is 534. The Labute approximate surface area is 158 Å². The monoisotopic (exact) mass is 360 g/mol. The maximum atomic E-state index is 13.4. The van der Waals surface area contributed by atoms with Crippen LogP contribution in [0.1, 0.15) is 78.6 Å². The highest BCUT2D eigenvalue weighted by molar-refractivity contribution is 5.83. The lowest BCUT2D eigenvalue weighted by Gasteiger charge is -2.57. The highest BCUT2D eigenvalue weighted by Gasteiger charge is 2.55. The van der Waals surface area contributed by atoms with E-state index in [1.165, 1.54) is 19.3 Å². The van der Waals surface area contributed by atoms with Crippen molar-refractivity contribution in [1.29, 1.82) is 0 Å². The number of amides is 2. The van der Waals surface area contributed by atoms with E-state index >= 15 is 0 Å². The molecule has 1 heterocycles. The van der Waals surface area contributed by atoms with Crippen LogP contribution in [-0.2, 0) is 9.59 Å². The standard InChI is InChI=1S/C22H36N2O2/c1-21(2,3)14-19(25)23-18-4-6-24(7-5-18)20(26)22-11-15-8-16(12-22)10-17(9-15)13-22/h15-18H,4-14H2,1-3H3,(H,23,25). The van der Waals surface area contributed by atoms with Gasteiger partial charge < -0.3 is 10.2 Å². The molecule has 1 saturated heterocycles. The molecule has 0 spiro atoms. The third kappa shape index (κ3) is 3.66. The first-order valence-electron chi connectivity index (χ1n) is 10.8. The summed E-state index contributed by atoms with van der Waals surface area (Å²) in [5.41, 5.74) is 0.0102. The van der Waals surface area contributed by atoms with Crippen molar-refractivity contribution in [3.8, 4) is 0 Å². The van der Waals surface area contributed by atoms with Crippen LogP contribution in [0.3, 0.4) is 0 Å². The summed E-state index contributed by atoms with van der Waals surface area (Å²) in [4.78, 5) is 27.7. The van der Waals surface area contributed by atoms with Gasteiger partial charge in [0.15, 0.2) is 0 Å². The molecule has 0 atom stereocenters. The number of likely N-dealkylation sites (tertiary alicyclic amines) is 1. The fraction of sp³-hybridized carbons (Fsp3) is 0.909. The van der Waals surface area contributed by atoms with E-state index in [0.29, 0.717) is 12.3 Å². The molecule has 146 valence electrons. The summed E-state index contributed by atoms with van der Waals surface area (Å²) in [6.07, 6.45) is 10.00. The minimum absolute atomic E-state index is 0.0168. The molecule has 0 radical (unpaired) electrons. The van der Waals surface area contributed by atoms with Crippen molar-refractivity contribution in [2.75, 3.05) is 13.1 Å². The predicted molar refractivity (Wildman–Crippen MR) is 102 cm³/mol. The highest BCUT2D eigenvalue weighted by atomic mass is 16.2. The lowest BCUT2D eigenvalue weighted by Crippen LogP contribution is -2.56. The van der Waals surface area contributed by atoms with Crippen LogP contribution in [-0.4, -0.2) is 35.8 Å². The van der Waals surface area contributed by atoms with Crippen LogP contribution in [0, 0.1) is 28.6 Å². The number of carbonyl (C=O) groups excluding carboxylic acids is 2. The van der Waals surface area contributed by atoms with Crippen LogP contribution >= 0.6 is 0 Å². The Morgan fingerprint density at radius 2 is 1.46 bits per heavy atom. The largest absolute Gasteiger partial charge is 0.353 e. The Hall–Kier alpha value is -1.06. The zero-order chi connectivity index (χ0) is 18.5. The van der Waals surface area contributed by atoms with Gasteiger partial charge in [-0.05, 0) is 74.5 Å². The molecule has 0 aromatic rings. The van der Waals surface area contributed by atoms with Crippen molar-refractivity contribution >= 4 is 11.8 Å². The number of rotatable bonds is 3. The number of nitrogens with zero attached hydrogens (tertiary/aromatic N) is 1. The zero-order valence-electron chi connectivity index (χ0n) is 16.9. The van der Waals surface area contributed by atoms with Crippen LogP contribution in [0.25, 0.3) is 0 Å². The van der Waals surface area contributed by atoms with Crippen molar-refractivity contribution in [3.63, 3.8) is 0 Å². The second kappa shape index (κ2) is 6.53. The van der Waals surface area contributed by atoms with E-state index in [2.05, 4.69) is 31.0 Å². The Balaban J connectivity index is 1.31. The smallest absolute Gasteiger partial charge is 0.228 e. The second-order valence-electron chi connectivity index (χ2n) is 11.1. The van der Waals surface area contributed by atoms with Gasteiger partial charge in [0.1, 0.15) is 0 Å². The maximum Gasteiger partial charge on any atom is 0.228 e. The molecule has 4 bridgehead atoms. The number of piperidine rings is 1. The van der Waals surface area contributed by atoms with Gasteiger partial charge in [0, 0.05) is 25.6 Å². The lowest BCUT2D eigenvalue weighted by atomic mass is 9.49. The average molecular weight is 361 g/mol. The molecular weight excluding hydrogens is 324 g/mol. The molecule has 5 fully saturated rings. The van der Waals surface area contributed by atoms with Crippen molar-refractivity contribution in [2.24, 2.45) is 28.6 Å². The molecule has 4 nitrogen and oxygen atoms in total. The molecule has 1 N–H and O–H groups in total. The highest BCUT2D eigenvalue weighted by Crippen LogP contribution is 2.60. The van der Waals surface area contributed by atoms with Crippen LogP contribution in [0.2, 0.25) is 0 Å². The molecule has 0 aromatic heterocycles. The van der Waals surface area contributed by atoms with Crippen molar-refractivity contribution in [1.82, 2.24) is 10.2 Å². The predicted octanol–water partition coefficient (Wildman–Crippen LogP) is 3.75. The fourth-order valence-corrected chi connectivity index (χ4v) is 6.70. The first kappa shape index (κ1) is 18.3. The van der Waals surface area contributed by atoms with Gasteiger partial charge in [0.2, 0.25) is 11.8 Å². The Kier molecular flexibility index (Phi) is 4.60. The number of carbonyl (C=O) groups is 2. The Morgan fingerprint density at radius 1 is 0.962 bits per heavy atom. The van der Waals surface area contributed by atoms with E-state index in [-0.39, 0.29) is 22.8 Å². The molecule has 5 rings (SSSR count). The van der Waals surface area contributed by atoms with Gasteiger partial charge in [-0.3, -0.25) is 9.59 Å². The van der Waals surface area contributed by atoms with Gasteiger partial charge in [0.05, 0.1) is 5.41 Å². The molecule has 2 amide bonds. The van der Waals surface area contributed by atoms with Crippen LogP contribution in [0.4, 0.5) is 0 Å². The summed E-state index contributed by atoms with van der Waals surface area (Å²) in [7, 11) is 0. The summed E-state index contributed by atoms with van der Waals surface area (Å²) < 4.78 is 0. The topological polar surface area (TPSA) is 49.4 Å². The van der Waals surface area contributed by atoms with E-state index < -0.39 is 0 Å². The third-order valence-corrected chi connectivity index (χ3v) is 7.33. The molecule has 26 heavy (non-hydrogen) atoms. The first-order valence-corrected chi connectivity index (χ1v) is 10.8. The van der Waals surface area contributed by atoms with E-state index in [0.717, 1.165) is 62.9 Å². The fourth-order valence-electron chi connectivity index (χ4n) is 6.70. The van der Waals surface area contributed by atoms with Gasteiger partial charge in [-0.25, -0.2) is 0 Å². The Morgan fingerprint density at radius 3 is 1.92 bits per heavy atom. The minimum atomic E-state index is -0.0168. The molecule has 4 heteroatoms. The normalized spacial score (nSPS) is 37.0. The molecule has 0 aromatic carbocycles. The average Bonchev–Trinajstić information content (AvgIpc) is 2.51. The minimum Gasteiger partial charge on any atom is -0.353 e. The van der Waals surface area contributed by atoms with Crippen LogP contribution in [0.15, 0.2) is 0 Å². The quantitative estimate of drug-likeness (QED) is 0.833. The van der Waals surface area contributed by atoms with Gasteiger partial charge in [-0.2, -0.15) is 0 Å². The third-order valence-electron chi connectivity index (χ3n) is 7.33. The van der Waals surface area contributed by atoms with Crippen LogP contribution in [0.5, 0.6) is 0 Å². The van der Waals surface area contributed by atoms with Crippen LogP contribution < -0.4 is 5.32 Å².